The first-order valence-corrected chi connectivity index (χ1v) is 4.62. The molecule has 0 amide bonds. The minimum Gasteiger partial charge on any atom is -0.465 e. The lowest BCUT2D eigenvalue weighted by Gasteiger charge is -2.04. The highest BCUT2D eigenvalue weighted by molar-refractivity contribution is 6.29. The SMILES string of the molecule is CCOC(=O)CNc1cccc(Cl)n1. The lowest BCUT2D eigenvalue weighted by atomic mass is 10.4. The van der Waals surface area contributed by atoms with Gasteiger partial charge in [-0.15, -0.1) is 0 Å². The van der Waals surface area contributed by atoms with Crippen molar-refractivity contribution < 1.29 is 9.53 Å². The number of hydrogen-bond donors (Lipinski definition) is 1. The predicted molar refractivity (Wildman–Crippen MR) is 54.4 cm³/mol. The number of carbonyl (C=O) groups is 1. The summed E-state index contributed by atoms with van der Waals surface area (Å²) in [7, 11) is 0. The van der Waals surface area contributed by atoms with Crippen LogP contribution in [0.3, 0.4) is 0 Å². The highest BCUT2D eigenvalue weighted by Gasteiger charge is 2.01. The molecule has 0 aliphatic heterocycles. The minimum atomic E-state index is -0.311. The number of ether oxygens (including phenoxy) is 1. The fourth-order valence-electron chi connectivity index (χ4n) is 0.881. The Labute approximate surface area is 87.2 Å². The summed E-state index contributed by atoms with van der Waals surface area (Å²) in [5.74, 6) is 0.250. The smallest absolute Gasteiger partial charge is 0.325 e. The highest BCUT2D eigenvalue weighted by atomic mass is 35.5. The van der Waals surface area contributed by atoms with Crippen LogP contribution in [0, 0.1) is 0 Å². The Balaban J connectivity index is 2.41. The topological polar surface area (TPSA) is 51.2 Å². The van der Waals surface area contributed by atoms with Crippen LogP contribution in [0.4, 0.5) is 5.82 Å². The van der Waals surface area contributed by atoms with Gasteiger partial charge in [-0.05, 0) is 19.1 Å². The summed E-state index contributed by atoms with van der Waals surface area (Å²) in [6, 6.07) is 5.14. The van der Waals surface area contributed by atoms with Gasteiger partial charge in [0.2, 0.25) is 0 Å². The van der Waals surface area contributed by atoms with E-state index in [0.717, 1.165) is 0 Å². The van der Waals surface area contributed by atoms with E-state index in [4.69, 9.17) is 16.3 Å². The number of esters is 1. The zero-order valence-corrected chi connectivity index (χ0v) is 8.54. The number of aromatic nitrogens is 1. The summed E-state index contributed by atoms with van der Waals surface area (Å²) in [6.45, 7) is 2.24. The van der Waals surface area contributed by atoms with Crippen molar-refractivity contribution in [3.63, 3.8) is 0 Å². The number of nitrogens with zero attached hydrogens (tertiary/aromatic N) is 1. The molecule has 14 heavy (non-hydrogen) atoms. The summed E-state index contributed by atoms with van der Waals surface area (Å²) in [5, 5.41) is 3.19. The average molecular weight is 215 g/mol. The molecule has 0 radical (unpaired) electrons. The van der Waals surface area contributed by atoms with Gasteiger partial charge in [-0.3, -0.25) is 4.79 Å². The number of rotatable bonds is 4. The lowest BCUT2D eigenvalue weighted by Crippen LogP contribution is -2.17. The van der Waals surface area contributed by atoms with E-state index < -0.39 is 0 Å². The molecule has 1 rings (SSSR count). The van der Waals surface area contributed by atoms with E-state index in [1.807, 2.05) is 0 Å². The first kappa shape index (κ1) is 10.8. The summed E-state index contributed by atoms with van der Waals surface area (Å²) in [4.78, 5) is 14.9. The van der Waals surface area contributed by atoms with Crippen molar-refractivity contribution >= 4 is 23.4 Å². The van der Waals surface area contributed by atoms with Gasteiger partial charge in [-0.1, -0.05) is 17.7 Å². The minimum absolute atomic E-state index is 0.0984. The molecule has 0 bridgehead atoms. The van der Waals surface area contributed by atoms with E-state index in [9.17, 15) is 4.79 Å². The van der Waals surface area contributed by atoms with E-state index in [1.165, 1.54) is 0 Å². The van der Waals surface area contributed by atoms with Crippen LogP contribution in [-0.4, -0.2) is 24.1 Å². The van der Waals surface area contributed by atoms with E-state index in [1.54, 1.807) is 25.1 Å². The molecule has 0 saturated heterocycles. The van der Waals surface area contributed by atoms with Crippen molar-refractivity contribution in [1.82, 2.24) is 4.98 Å². The molecule has 1 aromatic heterocycles. The molecule has 0 spiro atoms. The van der Waals surface area contributed by atoms with Crippen molar-refractivity contribution in [2.45, 2.75) is 6.92 Å². The number of pyridine rings is 1. The van der Waals surface area contributed by atoms with Crippen LogP contribution in [-0.2, 0) is 9.53 Å². The number of hydrogen-bond acceptors (Lipinski definition) is 4. The van der Waals surface area contributed by atoms with Crippen LogP contribution < -0.4 is 5.32 Å². The van der Waals surface area contributed by atoms with Crippen LogP contribution in [0.25, 0.3) is 0 Å². The Morgan fingerprint density at radius 3 is 3.07 bits per heavy atom. The molecule has 0 aromatic carbocycles. The maximum Gasteiger partial charge on any atom is 0.325 e. The molecule has 0 saturated carbocycles. The number of carbonyl (C=O) groups excluding carboxylic acids is 1. The fraction of sp³-hybridized carbons (Fsp3) is 0.333. The molecule has 4 nitrogen and oxygen atoms in total. The van der Waals surface area contributed by atoms with Gasteiger partial charge in [0.25, 0.3) is 0 Å². The molecular weight excluding hydrogens is 204 g/mol. The Morgan fingerprint density at radius 2 is 2.43 bits per heavy atom. The molecule has 76 valence electrons. The molecule has 1 N–H and O–H groups in total. The molecule has 0 aliphatic carbocycles. The lowest BCUT2D eigenvalue weighted by molar-refractivity contribution is -0.140. The van der Waals surface area contributed by atoms with Crippen LogP contribution in [0.5, 0.6) is 0 Å². The third kappa shape index (κ3) is 3.62. The van der Waals surface area contributed by atoms with Gasteiger partial charge in [0, 0.05) is 0 Å². The molecule has 1 heterocycles. The van der Waals surface area contributed by atoms with Crippen molar-refractivity contribution in [3.8, 4) is 0 Å². The number of anilines is 1. The van der Waals surface area contributed by atoms with E-state index in [-0.39, 0.29) is 12.5 Å². The van der Waals surface area contributed by atoms with E-state index >= 15 is 0 Å². The van der Waals surface area contributed by atoms with Crippen molar-refractivity contribution in [2.24, 2.45) is 0 Å². The summed E-state index contributed by atoms with van der Waals surface area (Å²) in [6.07, 6.45) is 0. The third-order valence-corrected chi connectivity index (χ3v) is 1.64. The third-order valence-electron chi connectivity index (χ3n) is 1.43. The van der Waals surface area contributed by atoms with Gasteiger partial charge in [-0.2, -0.15) is 0 Å². The predicted octanol–water partition coefficient (Wildman–Crippen LogP) is 1.71. The normalized spacial score (nSPS) is 9.57. The van der Waals surface area contributed by atoms with Crippen molar-refractivity contribution in [3.05, 3.63) is 23.4 Å². The molecule has 0 fully saturated rings. The van der Waals surface area contributed by atoms with E-state index in [0.29, 0.717) is 17.6 Å². The second kappa shape index (κ2) is 5.44. The number of halogens is 1. The quantitative estimate of drug-likeness (QED) is 0.613. The van der Waals surface area contributed by atoms with Gasteiger partial charge in [0.05, 0.1) is 6.61 Å². The standard InChI is InChI=1S/C9H11ClN2O2/c1-2-14-9(13)6-11-8-5-3-4-7(10)12-8/h3-5H,2,6H2,1H3,(H,11,12). The van der Waals surface area contributed by atoms with Gasteiger partial charge in [0.15, 0.2) is 0 Å². The van der Waals surface area contributed by atoms with Gasteiger partial charge >= 0.3 is 5.97 Å². The first-order valence-electron chi connectivity index (χ1n) is 4.24. The molecule has 0 unspecified atom stereocenters. The highest BCUT2D eigenvalue weighted by Crippen LogP contribution is 2.08. The van der Waals surface area contributed by atoms with E-state index in [2.05, 4.69) is 10.3 Å². The molecule has 0 atom stereocenters. The molecule has 5 heteroatoms. The molecule has 0 aliphatic rings. The maximum atomic E-state index is 11.0. The summed E-state index contributed by atoms with van der Waals surface area (Å²) in [5.41, 5.74) is 0. The van der Waals surface area contributed by atoms with Crippen LogP contribution in [0.1, 0.15) is 6.92 Å². The zero-order chi connectivity index (χ0) is 10.4. The van der Waals surface area contributed by atoms with Crippen LogP contribution in [0.2, 0.25) is 5.15 Å². The van der Waals surface area contributed by atoms with Gasteiger partial charge < -0.3 is 10.1 Å². The summed E-state index contributed by atoms with van der Waals surface area (Å²) < 4.78 is 4.73. The zero-order valence-electron chi connectivity index (χ0n) is 7.79. The second-order valence-electron chi connectivity index (χ2n) is 2.50. The monoisotopic (exact) mass is 214 g/mol. The van der Waals surface area contributed by atoms with Crippen LogP contribution >= 0.6 is 11.6 Å². The van der Waals surface area contributed by atoms with Crippen LogP contribution in [0.15, 0.2) is 18.2 Å². The Hall–Kier alpha value is -1.29. The van der Waals surface area contributed by atoms with Gasteiger partial charge in [0.1, 0.15) is 17.5 Å². The Kier molecular flexibility index (Phi) is 4.19. The number of nitrogens with one attached hydrogen (secondary N) is 1. The Morgan fingerprint density at radius 1 is 1.64 bits per heavy atom. The molecular formula is C9H11ClN2O2. The fourth-order valence-corrected chi connectivity index (χ4v) is 1.05. The van der Waals surface area contributed by atoms with Gasteiger partial charge in [-0.25, -0.2) is 4.98 Å². The maximum absolute atomic E-state index is 11.0. The largest absolute Gasteiger partial charge is 0.465 e. The average Bonchev–Trinajstić information content (AvgIpc) is 2.15. The first-order chi connectivity index (χ1) is 6.72. The second-order valence-corrected chi connectivity index (χ2v) is 2.89. The Bertz CT molecular complexity index is 317. The van der Waals surface area contributed by atoms with Crippen molar-refractivity contribution in [1.29, 1.82) is 0 Å². The molecule has 1 aromatic rings. The summed E-state index contributed by atoms with van der Waals surface area (Å²) >= 11 is 5.65. The van der Waals surface area contributed by atoms with Crippen molar-refractivity contribution in [2.75, 3.05) is 18.5 Å².